The fourth-order valence-electron chi connectivity index (χ4n) is 1.97. The van der Waals surface area contributed by atoms with Gasteiger partial charge in [-0.1, -0.05) is 6.07 Å². The lowest BCUT2D eigenvalue weighted by atomic mass is 9.90. The van der Waals surface area contributed by atoms with Crippen LogP contribution in [-0.4, -0.2) is 30.1 Å². The molecule has 1 fully saturated rings. The molecule has 1 aromatic carbocycles. The summed E-state index contributed by atoms with van der Waals surface area (Å²) in [7, 11) is 1.36. The van der Waals surface area contributed by atoms with Crippen molar-refractivity contribution in [2.75, 3.05) is 7.11 Å². The molecule has 1 saturated heterocycles. The van der Waals surface area contributed by atoms with Crippen LogP contribution in [0.2, 0.25) is 0 Å². The fourth-order valence-corrected chi connectivity index (χ4v) is 1.97. The first-order valence-corrected chi connectivity index (χ1v) is 5.44. The molecule has 0 aromatic heterocycles. The topological polar surface area (TPSA) is 105 Å². The highest BCUT2D eigenvalue weighted by Gasteiger charge is 2.45. The summed E-state index contributed by atoms with van der Waals surface area (Å²) in [4.78, 5) is 34.0. The number of ether oxygens (including phenoxy) is 1. The highest BCUT2D eigenvalue weighted by molar-refractivity contribution is 6.07. The molecule has 100 valence electrons. The minimum atomic E-state index is -1.28. The fraction of sp³-hybridized carbons (Fsp3) is 0.250. The van der Waals surface area contributed by atoms with Crippen LogP contribution >= 0.6 is 0 Å². The molecule has 1 heterocycles. The number of amides is 3. The van der Waals surface area contributed by atoms with Crippen molar-refractivity contribution in [3.8, 4) is 5.75 Å². The molecule has 0 radical (unpaired) electrons. The normalized spacial score (nSPS) is 21.8. The second-order valence-corrected chi connectivity index (χ2v) is 4.25. The first kappa shape index (κ1) is 12.9. The summed E-state index contributed by atoms with van der Waals surface area (Å²) in [5, 5.41) is 13.5. The van der Waals surface area contributed by atoms with E-state index < -0.39 is 23.4 Å². The van der Waals surface area contributed by atoms with Gasteiger partial charge in [-0.25, -0.2) is 9.59 Å². The van der Waals surface area contributed by atoms with E-state index in [9.17, 15) is 14.4 Å². The maximum absolute atomic E-state index is 11.8. The second kappa shape index (κ2) is 4.27. The Labute approximate surface area is 108 Å². The number of benzene rings is 1. The molecule has 1 aliphatic rings. The molecular weight excluding hydrogens is 252 g/mol. The summed E-state index contributed by atoms with van der Waals surface area (Å²) >= 11 is 0. The Balaban J connectivity index is 2.54. The zero-order valence-electron chi connectivity index (χ0n) is 10.3. The number of carbonyl (C=O) groups is 3. The van der Waals surface area contributed by atoms with Crippen LogP contribution in [0.5, 0.6) is 5.75 Å². The quantitative estimate of drug-likeness (QED) is 0.687. The third kappa shape index (κ3) is 1.99. The van der Waals surface area contributed by atoms with Crippen LogP contribution in [-0.2, 0) is 10.3 Å². The number of hydrogen-bond donors (Lipinski definition) is 3. The van der Waals surface area contributed by atoms with Crippen molar-refractivity contribution in [3.63, 3.8) is 0 Å². The molecule has 1 aromatic rings. The Morgan fingerprint density at radius 2 is 2.05 bits per heavy atom. The van der Waals surface area contributed by atoms with E-state index in [0.717, 1.165) is 0 Å². The molecular formula is C12H12N2O5. The highest BCUT2D eigenvalue weighted by Crippen LogP contribution is 2.32. The number of urea groups is 1. The standard InChI is InChI=1S/C12H12N2O5/c1-12(10(17)13-11(18)14-12)7-4-3-6(9(15)16)5-8(7)19-2/h3-5H,1-2H3,(H,15,16)(H2,13,14,17,18). The molecule has 0 spiro atoms. The lowest BCUT2D eigenvalue weighted by Crippen LogP contribution is -2.40. The SMILES string of the molecule is COc1cc(C(=O)O)ccc1C1(C)NC(=O)NC1=O. The van der Waals surface area contributed by atoms with Gasteiger partial charge in [-0.3, -0.25) is 10.1 Å². The first-order chi connectivity index (χ1) is 8.88. The third-order valence-electron chi connectivity index (χ3n) is 3.03. The Morgan fingerprint density at radius 1 is 1.37 bits per heavy atom. The van der Waals surface area contributed by atoms with E-state index in [1.54, 1.807) is 0 Å². The van der Waals surface area contributed by atoms with Gasteiger partial charge >= 0.3 is 12.0 Å². The number of carboxylic acid groups (broad SMARTS) is 1. The molecule has 7 heteroatoms. The van der Waals surface area contributed by atoms with Crippen LogP contribution in [0.15, 0.2) is 18.2 Å². The van der Waals surface area contributed by atoms with Crippen molar-refractivity contribution in [1.82, 2.24) is 10.6 Å². The van der Waals surface area contributed by atoms with Gasteiger partial charge in [-0.2, -0.15) is 0 Å². The minimum absolute atomic E-state index is 0.0360. The largest absolute Gasteiger partial charge is 0.496 e. The summed E-state index contributed by atoms with van der Waals surface area (Å²) < 4.78 is 5.10. The number of rotatable bonds is 3. The Kier molecular flexibility index (Phi) is 2.89. The zero-order valence-corrected chi connectivity index (χ0v) is 10.3. The van der Waals surface area contributed by atoms with Gasteiger partial charge in [0.2, 0.25) is 0 Å². The molecule has 3 amide bonds. The van der Waals surface area contributed by atoms with E-state index in [1.165, 1.54) is 32.2 Å². The molecule has 0 bridgehead atoms. The molecule has 1 atom stereocenters. The van der Waals surface area contributed by atoms with Crippen LogP contribution < -0.4 is 15.4 Å². The van der Waals surface area contributed by atoms with E-state index >= 15 is 0 Å². The number of hydrogen-bond acceptors (Lipinski definition) is 4. The van der Waals surface area contributed by atoms with Crippen molar-refractivity contribution < 1.29 is 24.2 Å². The average Bonchev–Trinajstić information content (AvgIpc) is 2.62. The van der Waals surface area contributed by atoms with Gasteiger partial charge in [-0.05, 0) is 19.1 Å². The van der Waals surface area contributed by atoms with Gasteiger partial charge in [0.15, 0.2) is 0 Å². The number of nitrogens with one attached hydrogen (secondary N) is 2. The molecule has 2 rings (SSSR count). The Bertz CT molecular complexity index is 583. The Morgan fingerprint density at radius 3 is 2.53 bits per heavy atom. The van der Waals surface area contributed by atoms with Crippen LogP contribution in [0, 0.1) is 0 Å². The van der Waals surface area contributed by atoms with Crippen LogP contribution in [0.4, 0.5) is 4.79 Å². The van der Waals surface area contributed by atoms with Crippen LogP contribution in [0.1, 0.15) is 22.8 Å². The zero-order chi connectivity index (χ0) is 14.2. The van der Waals surface area contributed by atoms with E-state index in [-0.39, 0.29) is 11.3 Å². The first-order valence-electron chi connectivity index (χ1n) is 5.44. The van der Waals surface area contributed by atoms with E-state index in [2.05, 4.69) is 10.6 Å². The molecule has 1 unspecified atom stereocenters. The van der Waals surface area contributed by atoms with Crippen LogP contribution in [0.25, 0.3) is 0 Å². The number of aromatic carboxylic acids is 1. The maximum atomic E-state index is 11.8. The second-order valence-electron chi connectivity index (χ2n) is 4.25. The highest BCUT2D eigenvalue weighted by atomic mass is 16.5. The van der Waals surface area contributed by atoms with Gasteiger partial charge in [0.25, 0.3) is 5.91 Å². The molecule has 19 heavy (non-hydrogen) atoms. The molecule has 7 nitrogen and oxygen atoms in total. The van der Waals surface area contributed by atoms with Crippen molar-refractivity contribution >= 4 is 17.9 Å². The monoisotopic (exact) mass is 264 g/mol. The summed E-state index contributed by atoms with van der Waals surface area (Å²) in [5.41, 5.74) is -0.850. The van der Waals surface area contributed by atoms with Gasteiger partial charge in [0.1, 0.15) is 11.3 Å². The maximum Gasteiger partial charge on any atom is 0.335 e. The summed E-state index contributed by atoms with van der Waals surface area (Å²) in [6.45, 7) is 1.52. The molecule has 0 saturated carbocycles. The lowest BCUT2D eigenvalue weighted by Gasteiger charge is -2.23. The molecule has 1 aliphatic heterocycles. The Hall–Kier alpha value is -2.57. The predicted octanol–water partition coefficient (Wildman–Crippen LogP) is 0.448. The average molecular weight is 264 g/mol. The smallest absolute Gasteiger partial charge is 0.335 e. The predicted molar refractivity (Wildman–Crippen MR) is 64.0 cm³/mol. The van der Waals surface area contributed by atoms with Gasteiger partial charge in [0, 0.05) is 5.56 Å². The number of carboxylic acids is 1. The van der Waals surface area contributed by atoms with Crippen molar-refractivity contribution in [2.45, 2.75) is 12.5 Å². The van der Waals surface area contributed by atoms with Crippen molar-refractivity contribution in [1.29, 1.82) is 0 Å². The minimum Gasteiger partial charge on any atom is -0.496 e. The number of imide groups is 1. The third-order valence-corrected chi connectivity index (χ3v) is 3.03. The van der Waals surface area contributed by atoms with Crippen LogP contribution in [0.3, 0.4) is 0 Å². The number of methoxy groups -OCH3 is 1. The molecule has 0 aliphatic carbocycles. The molecule has 3 N–H and O–H groups in total. The van der Waals surface area contributed by atoms with E-state index in [4.69, 9.17) is 9.84 Å². The summed E-state index contributed by atoms with van der Waals surface area (Å²) in [6.07, 6.45) is 0. The van der Waals surface area contributed by atoms with Crippen molar-refractivity contribution in [3.05, 3.63) is 29.3 Å². The van der Waals surface area contributed by atoms with Gasteiger partial charge < -0.3 is 15.2 Å². The van der Waals surface area contributed by atoms with E-state index in [0.29, 0.717) is 5.56 Å². The summed E-state index contributed by atoms with van der Waals surface area (Å²) in [6, 6.07) is 3.51. The van der Waals surface area contributed by atoms with Crippen molar-refractivity contribution in [2.24, 2.45) is 0 Å². The summed E-state index contributed by atoms with van der Waals surface area (Å²) in [5.74, 6) is -1.39. The van der Waals surface area contributed by atoms with Gasteiger partial charge in [-0.15, -0.1) is 0 Å². The van der Waals surface area contributed by atoms with Gasteiger partial charge in [0.05, 0.1) is 12.7 Å². The lowest BCUT2D eigenvalue weighted by molar-refractivity contribution is -0.123. The van der Waals surface area contributed by atoms with E-state index in [1.807, 2.05) is 0 Å². The number of carbonyl (C=O) groups excluding carboxylic acids is 2.